The second-order valence-corrected chi connectivity index (χ2v) is 42.6. The average Bonchev–Trinajstić information content (AvgIpc) is 0.763. The third-order valence-electron chi connectivity index (χ3n) is 26.1. The summed E-state index contributed by atoms with van der Waals surface area (Å²) in [5, 5.41) is 67.0. The second-order valence-electron chi connectivity index (χ2n) is 42.6. The molecule has 0 aromatic rings. The highest BCUT2D eigenvalue weighted by Crippen LogP contribution is 2.52. The molecule has 0 spiro atoms. The fraction of sp³-hybridized carbons (Fsp3) is 0.794. The second kappa shape index (κ2) is 42.8. The van der Waals surface area contributed by atoms with E-state index in [1.165, 1.54) is 29.6 Å². The van der Waals surface area contributed by atoms with Gasteiger partial charge in [0, 0.05) is 48.0 Å². The van der Waals surface area contributed by atoms with Crippen molar-refractivity contribution in [3.05, 3.63) is 81.4 Å². The predicted octanol–water partition coefficient (Wildman–Crippen LogP) is 21.6. The van der Waals surface area contributed by atoms with Crippen LogP contribution in [0.3, 0.4) is 0 Å². The molecule has 15 heteroatoms. The van der Waals surface area contributed by atoms with Crippen molar-refractivity contribution in [3.63, 3.8) is 0 Å². The number of carbonyl (C=O) groups excluding carboxylic acids is 6. The van der Waals surface area contributed by atoms with Gasteiger partial charge in [-0.15, -0.1) is 0 Å². The summed E-state index contributed by atoms with van der Waals surface area (Å²) in [5.41, 5.74) is 8.42. The van der Waals surface area contributed by atoms with Crippen molar-refractivity contribution in [3.8, 4) is 0 Å². The van der Waals surface area contributed by atoms with Gasteiger partial charge in [0.1, 0.15) is 23.4 Å². The lowest BCUT2D eigenvalue weighted by Gasteiger charge is -2.52. The van der Waals surface area contributed by atoms with Crippen molar-refractivity contribution >= 4 is 34.7 Å². The molecule has 112 heavy (non-hydrogen) atoms. The first-order valence-electron chi connectivity index (χ1n) is 43.1. The Morgan fingerprint density at radius 2 is 0.982 bits per heavy atom. The van der Waals surface area contributed by atoms with Gasteiger partial charge in [-0.05, 0) is 302 Å². The Bertz CT molecular complexity index is 3340. The van der Waals surface area contributed by atoms with E-state index in [1.54, 1.807) is 45.1 Å². The Morgan fingerprint density at radius 1 is 0.518 bits per heavy atom. The standard InChI is InChI=1S/C13H24O2.C13H22O2.2C13H24O2.C13H22O2.C13H20O2.C10H14O2.C9H14O/c2*1-8-7-13(3,4)10-6-5-9(2)15-12(10)11(8)14;4*1-9-7-12(15)11(6-5-10(2)14)13(3,4)8-9;1-7-4-9(12)8(6-11)10(2,3)5-7;1-7-4-8(10)6-9(2,3)5-7/h8-12,14H,5-7H2,1-4H3;9-10,12,14H,5-7H2,1-4H3;9-11,14H,5-8H2,1-4H3;7,10-12,14-15H,5-6,8H2,1-4H3;7,10-11,14H,5-6,8H2,1-4H3;7,11H,5-6,8H2,1-4H3;4,6,11H,5H2,1-3H3;4H,5-6H2,1-3H3. The number of aliphatic hydroxyl groups is 7. The molecule has 2 saturated carbocycles. The molecule has 2 saturated heterocycles. The molecule has 2 heterocycles. The number of allylic oxidation sites excluding steroid dienone is 11. The SMILES string of the molecule is CC(=O)CCC1C(=O)C=C(C)CC1(C)C.CC(O)CCC1C(=O)CC(C)CC1(C)C.CC1=C(O)C2OC(C)CCC2C(C)(C)C1.CC1=CC(=O)C(=CO)C(C)(C)C1.CC1=CC(=O)C(CCC(C)O)C(C)(C)C1.CC1=CC(=O)CC(C)(C)C1.CC1=CC(O)C(CCC(C)O)C(C)(C)C1.CC1CCC2C(O1)C(O)C(C)CC2(C)C. The van der Waals surface area contributed by atoms with Crippen LogP contribution >= 0.6 is 0 Å². The molecule has 17 unspecified atom stereocenters. The fourth-order valence-corrected chi connectivity index (χ4v) is 21.0. The highest BCUT2D eigenvalue weighted by Gasteiger charge is 2.50. The summed E-state index contributed by atoms with van der Waals surface area (Å²) in [7, 11) is 0. The third kappa shape index (κ3) is 31.8. The van der Waals surface area contributed by atoms with Crippen LogP contribution in [0.2, 0.25) is 0 Å². The van der Waals surface area contributed by atoms with Gasteiger partial charge in [-0.3, -0.25) is 24.0 Å². The molecule has 4 fully saturated rings. The van der Waals surface area contributed by atoms with Crippen LogP contribution in [-0.2, 0) is 38.2 Å². The van der Waals surface area contributed by atoms with E-state index in [-0.39, 0.29) is 139 Å². The zero-order valence-electron chi connectivity index (χ0n) is 76.2. The first-order valence-corrected chi connectivity index (χ1v) is 43.1. The molecule has 15 nitrogen and oxygen atoms in total. The monoisotopic (exact) mass is 1570 g/mol. The maximum atomic E-state index is 12.0. The van der Waals surface area contributed by atoms with Crippen molar-refractivity contribution < 1.29 is 74.0 Å². The maximum absolute atomic E-state index is 12.0. The topological polar surface area (TPSA) is 262 Å². The van der Waals surface area contributed by atoms with Crippen LogP contribution in [0.4, 0.5) is 0 Å². The summed E-state index contributed by atoms with van der Waals surface area (Å²) in [5.74, 6) is 4.18. The molecule has 0 amide bonds. The third-order valence-corrected chi connectivity index (χ3v) is 26.1. The van der Waals surface area contributed by atoms with Crippen molar-refractivity contribution in [1.29, 1.82) is 0 Å². The molecule has 10 rings (SSSR count). The molecule has 642 valence electrons. The lowest BCUT2D eigenvalue weighted by atomic mass is 9.60. The van der Waals surface area contributed by atoms with Crippen LogP contribution in [0, 0.1) is 90.7 Å². The lowest BCUT2D eigenvalue weighted by Crippen LogP contribution is -2.54. The molecule has 2 aliphatic heterocycles. The zero-order chi connectivity index (χ0) is 86.1. The smallest absolute Gasteiger partial charge is 0.185 e. The number of aliphatic hydroxyl groups excluding tert-OH is 7. The van der Waals surface area contributed by atoms with Crippen LogP contribution in [-0.4, -0.2) is 125 Å². The van der Waals surface area contributed by atoms with Crippen molar-refractivity contribution in [1.82, 2.24) is 0 Å². The van der Waals surface area contributed by atoms with Gasteiger partial charge in [0.2, 0.25) is 0 Å². The zero-order valence-corrected chi connectivity index (χ0v) is 76.2. The van der Waals surface area contributed by atoms with E-state index in [4.69, 9.17) is 14.6 Å². The van der Waals surface area contributed by atoms with Crippen LogP contribution in [0.1, 0.15) is 349 Å². The number of hydrogen-bond acceptors (Lipinski definition) is 15. The molecule has 0 bridgehead atoms. The first kappa shape index (κ1) is 102. The van der Waals surface area contributed by atoms with Crippen molar-refractivity contribution in [2.24, 2.45) is 90.7 Å². The summed E-state index contributed by atoms with van der Waals surface area (Å²) in [6.45, 7) is 62.3. The van der Waals surface area contributed by atoms with Gasteiger partial charge in [-0.25, -0.2) is 0 Å². The van der Waals surface area contributed by atoms with E-state index < -0.39 is 0 Å². The lowest BCUT2D eigenvalue weighted by molar-refractivity contribution is -0.193. The number of hydrogen-bond donors (Lipinski definition) is 7. The molecular weight excluding hydrogens is 1410 g/mol. The minimum Gasteiger partial charge on any atom is -0.515 e. The van der Waals surface area contributed by atoms with Crippen LogP contribution in [0.25, 0.3) is 0 Å². The van der Waals surface area contributed by atoms with Crippen LogP contribution < -0.4 is 0 Å². The molecule has 10 aliphatic rings. The average molecular weight is 1570 g/mol. The van der Waals surface area contributed by atoms with Gasteiger partial charge in [-0.1, -0.05) is 159 Å². The highest BCUT2D eigenvalue weighted by atomic mass is 16.5. The number of carbonyl (C=O) groups is 6. The maximum Gasteiger partial charge on any atom is 0.185 e. The minimum absolute atomic E-state index is 0.00532. The van der Waals surface area contributed by atoms with Crippen molar-refractivity contribution in [2.75, 3.05) is 0 Å². The predicted molar refractivity (Wildman–Crippen MR) is 457 cm³/mol. The van der Waals surface area contributed by atoms with Gasteiger partial charge >= 0.3 is 0 Å². The van der Waals surface area contributed by atoms with Gasteiger partial charge in [-0.2, -0.15) is 0 Å². The van der Waals surface area contributed by atoms with E-state index in [1.807, 2.05) is 61.5 Å². The van der Waals surface area contributed by atoms with E-state index >= 15 is 0 Å². The number of Topliss-reactive ketones (excluding diaryl/α,β-unsaturated/α-hetero) is 2. The summed E-state index contributed by atoms with van der Waals surface area (Å²) in [6, 6.07) is 0. The molecule has 0 aromatic carbocycles. The minimum atomic E-state index is -0.340. The Labute approximate surface area is 681 Å². The Hall–Kier alpha value is -4.48. The number of ether oxygens (including phenoxy) is 2. The molecule has 17 atom stereocenters. The Morgan fingerprint density at radius 3 is 1.44 bits per heavy atom. The van der Waals surface area contributed by atoms with E-state index in [0.29, 0.717) is 78.0 Å². The summed E-state index contributed by atoms with van der Waals surface area (Å²) in [4.78, 5) is 69.0. The molecule has 0 radical (unpaired) electrons. The molecule has 0 aromatic heterocycles. The van der Waals surface area contributed by atoms with Gasteiger partial charge in [0.05, 0.1) is 55.1 Å². The van der Waals surface area contributed by atoms with E-state index in [9.17, 15) is 59.4 Å². The molecule has 8 aliphatic carbocycles. The number of ketones is 6. The van der Waals surface area contributed by atoms with Gasteiger partial charge in [0.15, 0.2) is 23.1 Å². The van der Waals surface area contributed by atoms with Gasteiger partial charge < -0.3 is 50.0 Å². The molecular formula is C97H164O15. The number of rotatable bonds is 12. The largest absolute Gasteiger partial charge is 0.515 e. The number of fused-ring (bicyclic) bond motifs is 2. The van der Waals surface area contributed by atoms with Crippen LogP contribution in [0.15, 0.2) is 81.4 Å². The summed E-state index contributed by atoms with van der Waals surface area (Å²) < 4.78 is 11.9. The fourth-order valence-electron chi connectivity index (χ4n) is 21.0. The van der Waals surface area contributed by atoms with E-state index in [0.717, 1.165) is 126 Å². The highest BCUT2D eigenvalue weighted by molar-refractivity contribution is 6.06. The summed E-state index contributed by atoms with van der Waals surface area (Å²) in [6.07, 6.45) is 29.2. The first-order chi connectivity index (χ1) is 51.1. The Kier molecular flexibility index (Phi) is 38.8. The van der Waals surface area contributed by atoms with Crippen molar-refractivity contribution in [2.45, 2.75) is 404 Å². The van der Waals surface area contributed by atoms with Crippen LogP contribution in [0.5, 0.6) is 0 Å². The summed E-state index contributed by atoms with van der Waals surface area (Å²) >= 11 is 0. The van der Waals surface area contributed by atoms with Gasteiger partial charge in [0.25, 0.3) is 0 Å². The quantitative estimate of drug-likeness (QED) is 0.0544. The molecule has 7 N–H and O–H groups in total. The Balaban J connectivity index is 0.000000332. The van der Waals surface area contributed by atoms with E-state index in [2.05, 4.69) is 132 Å². The normalized spacial score (nSPS) is 32.7.